The monoisotopic (exact) mass is 237 g/mol. The SMILES string of the molecule is CCCCOCCOc1ccc([C@H](C)N)cc1. The second-order valence-electron chi connectivity index (χ2n) is 4.17. The first kappa shape index (κ1) is 14.0. The van der Waals surface area contributed by atoms with Gasteiger partial charge in [0.1, 0.15) is 12.4 Å². The molecule has 0 aromatic heterocycles. The Morgan fingerprint density at radius 2 is 1.82 bits per heavy atom. The van der Waals surface area contributed by atoms with Crippen LogP contribution in [0, 0.1) is 0 Å². The highest BCUT2D eigenvalue weighted by atomic mass is 16.5. The predicted octanol–water partition coefficient (Wildman–Crippen LogP) is 2.90. The largest absolute Gasteiger partial charge is 0.491 e. The minimum absolute atomic E-state index is 0.0708. The van der Waals surface area contributed by atoms with Gasteiger partial charge in [0.2, 0.25) is 0 Å². The van der Waals surface area contributed by atoms with E-state index in [0.717, 1.165) is 24.3 Å². The zero-order valence-corrected chi connectivity index (χ0v) is 10.8. The van der Waals surface area contributed by atoms with Crippen molar-refractivity contribution in [3.63, 3.8) is 0 Å². The van der Waals surface area contributed by atoms with Crippen LogP contribution in [-0.4, -0.2) is 19.8 Å². The first-order chi connectivity index (χ1) is 8.24. The van der Waals surface area contributed by atoms with Crippen LogP contribution in [0.2, 0.25) is 0 Å². The molecule has 0 aliphatic carbocycles. The van der Waals surface area contributed by atoms with Gasteiger partial charge in [0.15, 0.2) is 0 Å². The molecule has 0 bridgehead atoms. The van der Waals surface area contributed by atoms with Crippen molar-refractivity contribution in [3.8, 4) is 5.75 Å². The molecule has 1 aromatic rings. The van der Waals surface area contributed by atoms with Crippen molar-refractivity contribution < 1.29 is 9.47 Å². The highest BCUT2D eigenvalue weighted by molar-refractivity contribution is 5.28. The first-order valence-electron chi connectivity index (χ1n) is 6.30. The van der Waals surface area contributed by atoms with Crippen molar-refractivity contribution in [2.75, 3.05) is 19.8 Å². The molecule has 0 fully saturated rings. The van der Waals surface area contributed by atoms with Gasteiger partial charge in [-0.3, -0.25) is 0 Å². The molecular weight excluding hydrogens is 214 g/mol. The smallest absolute Gasteiger partial charge is 0.119 e. The van der Waals surface area contributed by atoms with Crippen LogP contribution >= 0.6 is 0 Å². The summed E-state index contributed by atoms with van der Waals surface area (Å²) >= 11 is 0. The second-order valence-corrected chi connectivity index (χ2v) is 4.17. The molecule has 0 spiro atoms. The fourth-order valence-electron chi connectivity index (χ4n) is 1.43. The van der Waals surface area contributed by atoms with Crippen LogP contribution in [0.15, 0.2) is 24.3 Å². The van der Waals surface area contributed by atoms with Crippen molar-refractivity contribution in [3.05, 3.63) is 29.8 Å². The molecule has 3 nitrogen and oxygen atoms in total. The Balaban J connectivity index is 2.19. The van der Waals surface area contributed by atoms with E-state index >= 15 is 0 Å². The lowest BCUT2D eigenvalue weighted by molar-refractivity contribution is 0.0980. The van der Waals surface area contributed by atoms with Crippen molar-refractivity contribution in [1.29, 1.82) is 0 Å². The van der Waals surface area contributed by atoms with Crippen LogP contribution < -0.4 is 10.5 Å². The lowest BCUT2D eigenvalue weighted by Crippen LogP contribution is -2.08. The van der Waals surface area contributed by atoms with Crippen LogP contribution in [0.5, 0.6) is 5.75 Å². The number of ether oxygens (including phenoxy) is 2. The normalized spacial score (nSPS) is 12.4. The van der Waals surface area contributed by atoms with Crippen LogP contribution in [0.25, 0.3) is 0 Å². The van der Waals surface area contributed by atoms with Crippen LogP contribution in [0.3, 0.4) is 0 Å². The zero-order chi connectivity index (χ0) is 12.5. The van der Waals surface area contributed by atoms with Gasteiger partial charge in [0, 0.05) is 12.6 Å². The average Bonchev–Trinajstić information content (AvgIpc) is 2.34. The van der Waals surface area contributed by atoms with Gasteiger partial charge in [-0.1, -0.05) is 25.5 Å². The predicted molar refractivity (Wildman–Crippen MR) is 70.3 cm³/mol. The quantitative estimate of drug-likeness (QED) is 0.707. The highest BCUT2D eigenvalue weighted by Gasteiger charge is 1.99. The van der Waals surface area contributed by atoms with E-state index in [0.29, 0.717) is 13.2 Å². The van der Waals surface area contributed by atoms with E-state index in [2.05, 4.69) is 6.92 Å². The summed E-state index contributed by atoms with van der Waals surface area (Å²) in [7, 11) is 0. The summed E-state index contributed by atoms with van der Waals surface area (Å²) < 4.78 is 11.0. The molecule has 1 rings (SSSR count). The lowest BCUT2D eigenvalue weighted by Gasteiger charge is -2.09. The summed E-state index contributed by atoms with van der Waals surface area (Å²) in [5.41, 5.74) is 6.89. The Labute approximate surface area is 104 Å². The molecular formula is C14H23NO2. The van der Waals surface area contributed by atoms with Gasteiger partial charge in [-0.05, 0) is 31.0 Å². The standard InChI is InChI=1S/C14H23NO2/c1-3-4-9-16-10-11-17-14-7-5-13(6-8-14)12(2)15/h5-8,12H,3-4,9-11,15H2,1-2H3/t12-/m0/s1. The summed E-state index contributed by atoms with van der Waals surface area (Å²) in [6, 6.07) is 7.96. The average molecular weight is 237 g/mol. The maximum atomic E-state index is 5.77. The highest BCUT2D eigenvalue weighted by Crippen LogP contribution is 2.15. The van der Waals surface area contributed by atoms with Gasteiger partial charge < -0.3 is 15.2 Å². The van der Waals surface area contributed by atoms with Gasteiger partial charge in [-0.25, -0.2) is 0 Å². The zero-order valence-electron chi connectivity index (χ0n) is 10.8. The molecule has 0 aliphatic rings. The van der Waals surface area contributed by atoms with Crippen molar-refractivity contribution in [2.45, 2.75) is 32.7 Å². The topological polar surface area (TPSA) is 44.5 Å². The second kappa shape index (κ2) is 8.09. The summed E-state index contributed by atoms with van der Waals surface area (Å²) in [4.78, 5) is 0. The summed E-state index contributed by atoms with van der Waals surface area (Å²) in [6.45, 7) is 6.19. The molecule has 2 N–H and O–H groups in total. The Bertz CT molecular complexity index is 296. The number of hydrogen-bond acceptors (Lipinski definition) is 3. The Kier molecular flexibility index (Phi) is 6.67. The molecule has 3 heteroatoms. The summed E-state index contributed by atoms with van der Waals surface area (Å²) in [5, 5.41) is 0. The Morgan fingerprint density at radius 1 is 1.12 bits per heavy atom. The maximum absolute atomic E-state index is 5.77. The molecule has 0 radical (unpaired) electrons. The molecule has 17 heavy (non-hydrogen) atoms. The van der Waals surface area contributed by atoms with Crippen molar-refractivity contribution >= 4 is 0 Å². The Hall–Kier alpha value is -1.06. The van der Waals surface area contributed by atoms with Crippen LogP contribution in [0.1, 0.15) is 38.3 Å². The molecule has 0 heterocycles. The molecule has 0 aliphatic heterocycles. The van der Waals surface area contributed by atoms with Gasteiger partial charge in [-0.15, -0.1) is 0 Å². The van der Waals surface area contributed by atoms with E-state index < -0.39 is 0 Å². The van der Waals surface area contributed by atoms with E-state index in [1.807, 2.05) is 31.2 Å². The molecule has 0 saturated carbocycles. The summed E-state index contributed by atoms with van der Waals surface area (Å²) in [6.07, 6.45) is 2.28. The van der Waals surface area contributed by atoms with E-state index in [-0.39, 0.29) is 6.04 Å². The number of hydrogen-bond donors (Lipinski definition) is 1. The first-order valence-corrected chi connectivity index (χ1v) is 6.30. The van der Waals surface area contributed by atoms with Gasteiger partial charge in [0.05, 0.1) is 6.61 Å². The van der Waals surface area contributed by atoms with Gasteiger partial charge >= 0.3 is 0 Å². The number of rotatable bonds is 8. The molecule has 0 unspecified atom stereocenters. The number of benzene rings is 1. The minimum Gasteiger partial charge on any atom is -0.491 e. The summed E-state index contributed by atoms with van der Waals surface area (Å²) in [5.74, 6) is 0.869. The molecule has 0 saturated heterocycles. The third kappa shape index (κ3) is 5.71. The molecule has 0 amide bonds. The third-order valence-corrected chi connectivity index (χ3v) is 2.54. The van der Waals surface area contributed by atoms with Crippen LogP contribution in [-0.2, 0) is 4.74 Å². The minimum atomic E-state index is 0.0708. The molecule has 1 aromatic carbocycles. The maximum Gasteiger partial charge on any atom is 0.119 e. The molecule has 1 atom stereocenters. The van der Waals surface area contributed by atoms with Crippen molar-refractivity contribution in [2.24, 2.45) is 5.73 Å². The van der Waals surface area contributed by atoms with E-state index in [4.69, 9.17) is 15.2 Å². The number of unbranched alkanes of at least 4 members (excludes halogenated alkanes) is 1. The van der Waals surface area contributed by atoms with Gasteiger partial charge in [-0.2, -0.15) is 0 Å². The van der Waals surface area contributed by atoms with Gasteiger partial charge in [0.25, 0.3) is 0 Å². The third-order valence-electron chi connectivity index (χ3n) is 2.54. The fraction of sp³-hybridized carbons (Fsp3) is 0.571. The fourth-order valence-corrected chi connectivity index (χ4v) is 1.43. The van der Waals surface area contributed by atoms with E-state index in [1.54, 1.807) is 0 Å². The van der Waals surface area contributed by atoms with Crippen LogP contribution in [0.4, 0.5) is 0 Å². The number of nitrogens with two attached hydrogens (primary N) is 1. The lowest BCUT2D eigenvalue weighted by atomic mass is 10.1. The van der Waals surface area contributed by atoms with E-state index in [1.165, 1.54) is 6.42 Å². The van der Waals surface area contributed by atoms with E-state index in [9.17, 15) is 0 Å². The molecule has 96 valence electrons. The van der Waals surface area contributed by atoms with Crippen molar-refractivity contribution in [1.82, 2.24) is 0 Å². The Morgan fingerprint density at radius 3 is 2.41 bits per heavy atom.